The van der Waals surface area contributed by atoms with Crippen LogP contribution in [0.5, 0.6) is 0 Å². The van der Waals surface area contributed by atoms with Crippen molar-refractivity contribution in [1.29, 1.82) is 0 Å². The van der Waals surface area contributed by atoms with Crippen molar-refractivity contribution in [2.24, 2.45) is 5.73 Å². The normalized spacial score (nSPS) is 11.9. The summed E-state index contributed by atoms with van der Waals surface area (Å²) in [6.45, 7) is 0. The summed E-state index contributed by atoms with van der Waals surface area (Å²) in [4.78, 5) is 22.0. The number of rotatable bonds is 5. The Balaban J connectivity index is 2.58. The van der Waals surface area contributed by atoms with Gasteiger partial charge >= 0.3 is 5.97 Å². The van der Waals surface area contributed by atoms with E-state index >= 15 is 0 Å². The number of nitrogens with one attached hydrogen (secondary N) is 1. The third-order valence-corrected chi connectivity index (χ3v) is 2.93. The van der Waals surface area contributed by atoms with Gasteiger partial charge in [0, 0.05) is 12.1 Å². The molecule has 0 saturated carbocycles. The highest BCUT2D eigenvalue weighted by Gasteiger charge is 2.15. The molecule has 0 radical (unpaired) electrons. The number of halogens is 2. The van der Waals surface area contributed by atoms with E-state index < -0.39 is 17.9 Å². The largest absolute Gasteiger partial charge is 0.481 e. The maximum atomic E-state index is 11.6. The molecule has 1 aromatic rings. The molecule has 0 aliphatic rings. The summed E-state index contributed by atoms with van der Waals surface area (Å²) in [5.41, 5.74) is 6.01. The van der Waals surface area contributed by atoms with E-state index in [9.17, 15) is 9.59 Å². The molecule has 0 aliphatic heterocycles. The Hall–Kier alpha value is -1.30. The minimum absolute atomic E-state index is 0.0719. The first-order valence-electron chi connectivity index (χ1n) is 5.13. The van der Waals surface area contributed by atoms with E-state index in [2.05, 4.69) is 5.32 Å². The summed E-state index contributed by atoms with van der Waals surface area (Å²) in [5, 5.41) is 11.7. The molecule has 98 valence electrons. The zero-order chi connectivity index (χ0) is 13.7. The number of amides is 1. The van der Waals surface area contributed by atoms with Gasteiger partial charge in [0.15, 0.2) is 0 Å². The second-order valence-corrected chi connectivity index (χ2v) is 4.47. The lowest BCUT2D eigenvalue weighted by Gasteiger charge is -2.11. The molecule has 0 bridgehead atoms. The van der Waals surface area contributed by atoms with Gasteiger partial charge in [-0.2, -0.15) is 0 Å². The van der Waals surface area contributed by atoms with Crippen LogP contribution in [0.2, 0.25) is 10.0 Å². The van der Waals surface area contributed by atoms with Crippen molar-refractivity contribution in [2.75, 3.05) is 5.32 Å². The van der Waals surface area contributed by atoms with Crippen LogP contribution in [0.15, 0.2) is 18.2 Å². The van der Waals surface area contributed by atoms with Crippen LogP contribution in [0.4, 0.5) is 5.69 Å². The summed E-state index contributed by atoms with van der Waals surface area (Å²) in [6, 6.07) is 3.74. The second-order valence-electron chi connectivity index (χ2n) is 3.66. The Kier molecular flexibility index (Phi) is 5.40. The number of carbonyl (C=O) groups excluding carboxylic acids is 1. The van der Waals surface area contributed by atoms with E-state index in [1.807, 2.05) is 0 Å². The Labute approximate surface area is 114 Å². The fourth-order valence-corrected chi connectivity index (χ4v) is 1.52. The van der Waals surface area contributed by atoms with Gasteiger partial charge in [-0.25, -0.2) is 0 Å². The van der Waals surface area contributed by atoms with Gasteiger partial charge in [0.25, 0.3) is 0 Å². The molecule has 4 N–H and O–H groups in total. The fraction of sp³-hybridized carbons (Fsp3) is 0.273. The van der Waals surface area contributed by atoms with Crippen LogP contribution in [0, 0.1) is 0 Å². The molecule has 1 aromatic carbocycles. The number of aliphatic carboxylic acids is 1. The average Bonchev–Trinajstić information content (AvgIpc) is 2.30. The van der Waals surface area contributed by atoms with Crippen molar-refractivity contribution < 1.29 is 14.7 Å². The number of anilines is 1. The molecule has 0 heterocycles. The third kappa shape index (κ3) is 4.52. The molecule has 7 heteroatoms. The van der Waals surface area contributed by atoms with Gasteiger partial charge < -0.3 is 16.2 Å². The van der Waals surface area contributed by atoms with Gasteiger partial charge in [0.1, 0.15) is 0 Å². The number of carboxylic acid groups (broad SMARTS) is 1. The summed E-state index contributed by atoms with van der Waals surface area (Å²) < 4.78 is 0. The van der Waals surface area contributed by atoms with E-state index in [0.717, 1.165) is 0 Å². The molecule has 0 spiro atoms. The average molecular weight is 291 g/mol. The van der Waals surface area contributed by atoms with E-state index in [-0.39, 0.29) is 12.8 Å². The first kappa shape index (κ1) is 14.8. The lowest BCUT2D eigenvalue weighted by atomic mass is 10.1. The van der Waals surface area contributed by atoms with E-state index in [1.165, 1.54) is 6.07 Å². The van der Waals surface area contributed by atoms with E-state index in [0.29, 0.717) is 15.7 Å². The van der Waals surface area contributed by atoms with Crippen molar-refractivity contribution in [3.05, 3.63) is 28.2 Å². The van der Waals surface area contributed by atoms with Gasteiger partial charge in [0.2, 0.25) is 5.91 Å². The zero-order valence-electron chi connectivity index (χ0n) is 9.32. The van der Waals surface area contributed by atoms with Crippen molar-refractivity contribution in [1.82, 2.24) is 0 Å². The van der Waals surface area contributed by atoms with Crippen LogP contribution >= 0.6 is 23.2 Å². The third-order valence-electron chi connectivity index (χ3n) is 2.19. The van der Waals surface area contributed by atoms with Crippen LogP contribution in [0.3, 0.4) is 0 Å². The van der Waals surface area contributed by atoms with Crippen molar-refractivity contribution in [3.8, 4) is 0 Å². The smallest absolute Gasteiger partial charge is 0.303 e. The summed E-state index contributed by atoms with van der Waals surface area (Å²) in [7, 11) is 0. The number of nitrogens with two attached hydrogens (primary N) is 1. The number of benzene rings is 1. The molecule has 1 amide bonds. The van der Waals surface area contributed by atoms with Gasteiger partial charge in [-0.05, 0) is 24.6 Å². The first-order chi connectivity index (χ1) is 8.40. The quantitative estimate of drug-likeness (QED) is 0.774. The highest BCUT2D eigenvalue weighted by atomic mass is 35.5. The van der Waals surface area contributed by atoms with Crippen LogP contribution in [0.25, 0.3) is 0 Å². The van der Waals surface area contributed by atoms with Gasteiger partial charge in [-0.3, -0.25) is 9.59 Å². The molecule has 1 unspecified atom stereocenters. The number of carboxylic acids is 1. The number of hydrogen-bond donors (Lipinski definition) is 3. The number of hydrogen-bond acceptors (Lipinski definition) is 3. The van der Waals surface area contributed by atoms with Gasteiger partial charge in [-0.1, -0.05) is 23.2 Å². The molecule has 0 aromatic heterocycles. The Morgan fingerprint density at radius 2 is 2.00 bits per heavy atom. The van der Waals surface area contributed by atoms with Gasteiger partial charge in [-0.15, -0.1) is 0 Å². The minimum Gasteiger partial charge on any atom is -0.481 e. The van der Waals surface area contributed by atoms with E-state index in [1.54, 1.807) is 12.1 Å². The van der Waals surface area contributed by atoms with E-state index in [4.69, 9.17) is 34.0 Å². The Morgan fingerprint density at radius 3 is 2.56 bits per heavy atom. The first-order valence-corrected chi connectivity index (χ1v) is 5.89. The maximum absolute atomic E-state index is 11.6. The Morgan fingerprint density at radius 1 is 1.33 bits per heavy atom. The molecule has 0 aliphatic carbocycles. The molecular formula is C11H12Cl2N2O3. The molecule has 18 heavy (non-hydrogen) atoms. The lowest BCUT2D eigenvalue weighted by Crippen LogP contribution is -2.36. The SMILES string of the molecule is NC(CCC(=O)O)C(=O)Nc1ccc(Cl)c(Cl)c1. The number of carbonyl (C=O) groups is 2. The minimum atomic E-state index is -0.993. The van der Waals surface area contributed by atoms with Crippen LogP contribution in [-0.2, 0) is 9.59 Å². The summed E-state index contributed by atoms with van der Waals surface area (Å²) in [6.07, 6.45) is -0.0849. The topological polar surface area (TPSA) is 92.4 Å². The maximum Gasteiger partial charge on any atom is 0.303 e. The lowest BCUT2D eigenvalue weighted by molar-refractivity contribution is -0.137. The van der Waals surface area contributed by atoms with Crippen molar-refractivity contribution >= 4 is 40.8 Å². The monoisotopic (exact) mass is 290 g/mol. The highest BCUT2D eigenvalue weighted by Crippen LogP contribution is 2.25. The molecular weight excluding hydrogens is 279 g/mol. The second kappa shape index (κ2) is 6.58. The predicted octanol–water partition coefficient (Wildman–Crippen LogP) is 2.12. The van der Waals surface area contributed by atoms with Crippen LogP contribution < -0.4 is 11.1 Å². The van der Waals surface area contributed by atoms with Gasteiger partial charge in [0.05, 0.1) is 16.1 Å². The molecule has 0 fully saturated rings. The standard InChI is InChI=1S/C11H12Cl2N2O3/c12-7-2-1-6(5-8(7)13)15-11(18)9(14)3-4-10(16)17/h1-2,5,9H,3-4,14H2,(H,15,18)(H,16,17). The molecule has 1 atom stereocenters. The highest BCUT2D eigenvalue weighted by molar-refractivity contribution is 6.42. The van der Waals surface area contributed by atoms with Crippen molar-refractivity contribution in [2.45, 2.75) is 18.9 Å². The molecule has 0 saturated heterocycles. The summed E-state index contributed by atoms with van der Waals surface area (Å²) >= 11 is 11.5. The summed E-state index contributed by atoms with van der Waals surface area (Å²) in [5.74, 6) is -1.46. The fourth-order valence-electron chi connectivity index (χ4n) is 1.22. The Bertz CT molecular complexity index is 466. The van der Waals surface area contributed by atoms with Crippen molar-refractivity contribution in [3.63, 3.8) is 0 Å². The van der Waals surface area contributed by atoms with Crippen LogP contribution in [-0.4, -0.2) is 23.0 Å². The molecule has 5 nitrogen and oxygen atoms in total. The van der Waals surface area contributed by atoms with Crippen LogP contribution in [0.1, 0.15) is 12.8 Å². The zero-order valence-corrected chi connectivity index (χ0v) is 10.8. The molecule has 1 rings (SSSR count). The predicted molar refractivity (Wildman–Crippen MR) is 69.9 cm³/mol.